The Labute approximate surface area is 114 Å². The van der Waals surface area contributed by atoms with Gasteiger partial charge in [-0.15, -0.1) is 12.4 Å². The lowest BCUT2D eigenvalue weighted by Gasteiger charge is -2.08. The van der Waals surface area contributed by atoms with Gasteiger partial charge in [-0.1, -0.05) is 18.2 Å². The number of rotatable bonds is 7. The Morgan fingerprint density at radius 1 is 1.39 bits per heavy atom. The first-order valence-electron chi connectivity index (χ1n) is 5.86. The molecule has 3 N–H and O–H groups in total. The number of methoxy groups -OCH3 is 1. The van der Waals surface area contributed by atoms with Crippen LogP contribution in [0.5, 0.6) is 5.75 Å². The van der Waals surface area contributed by atoms with Gasteiger partial charge in [0, 0.05) is 13.0 Å². The number of nitrogens with one attached hydrogen (secondary N) is 1. The highest BCUT2D eigenvalue weighted by molar-refractivity contribution is 5.85. The second-order valence-corrected chi connectivity index (χ2v) is 3.80. The average molecular weight is 273 g/mol. The smallest absolute Gasteiger partial charge is 0.220 e. The number of benzene rings is 1. The molecule has 0 fully saturated rings. The van der Waals surface area contributed by atoms with Gasteiger partial charge in [0.25, 0.3) is 0 Å². The highest BCUT2D eigenvalue weighted by Gasteiger charge is 2.05. The van der Waals surface area contributed by atoms with Gasteiger partial charge < -0.3 is 15.8 Å². The quantitative estimate of drug-likeness (QED) is 0.740. The van der Waals surface area contributed by atoms with E-state index in [2.05, 4.69) is 5.32 Å². The predicted molar refractivity (Wildman–Crippen MR) is 75.2 cm³/mol. The Bertz CT molecular complexity index is 359. The summed E-state index contributed by atoms with van der Waals surface area (Å²) in [5, 5.41) is 2.83. The van der Waals surface area contributed by atoms with E-state index in [1.807, 2.05) is 24.3 Å². The zero-order valence-corrected chi connectivity index (χ0v) is 11.5. The maximum atomic E-state index is 11.5. The topological polar surface area (TPSA) is 64.3 Å². The van der Waals surface area contributed by atoms with Crippen molar-refractivity contribution in [1.82, 2.24) is 5.32 Å². The van der Waals surface area contributed by atoms with Crippen LogP contribution in [0.25, 0.3) is 0 Å². The number of halogens is 1. The summed E-state index contributed by atoms with van der Waals surface area (Å²) < 4.78 is 5.23. The van der Waals surface area contributed by atoms with Crippen molar-refractivity contribution in [2.45, 2.75) is 19.3 Å². The van der Waals surface area contributed by atoms with Gasteiger partial charge in [0.15, 0.2) is 0 Å². The predicted octanol–water partition coefficient (Wildman–Crippen LogP) is 1.51. The molecule has 5 heteroatoms. The van der Waals surface area contributed by atoms with E-state index in [1.165, 1.54) is 0 Å². The van der Waals surface area contributed by atoms with E-state index in [4.69, 9.17) is 10.5 Å². The third-order valence-electron chi connectivity index (χ3n) is 2.52. The summed E-state index contributed by atoms with van der Waals surface area (Å²) in [6.07, 6.45) is 1.99. The number of carbonyl (C=O) groups excluding carboxylic acids is 1. The van der Waals surface area contributed by atoms with Crippen molar-refractivity contribution in [2.75, 3.05) is 20.2 Å². The minimum atomic E-state index is 0. The summed E-state index contributed by atoms with van der Waals surface area (Å²) in [6.45, 7) is 1.26. The molecule has 0 atom stereocenters. The zero-order chi connectivity index (χ0) is 12.5. The Balaban J connectivity index is 0.00000289. The Hall–Kier alpha value is -1.26. The normalized spacial score (nSPS) is 9.44. The number of aryl methyl sites for hydroxylation is 1. The monoisotopic (exact) mass is 272 g/mol. The summed E-state index contributed by atoms with van der Waals surface area (Å²) >= 11 is 0. The molecule has 1 aromatic carbocycles. The van der Waals surface area contributed by atoms with E-state index >= 15 is 0 Å². The molecule has 0 aliphatic rings. The molecular formula is C13H21ClN2O2. The second kappa shape index (κ2) is 9.74. The fourth-order valence-corrected chi connectivity index (χ4v) is 1.58. The summed E-state index contributed by atoms with van der Waals surface area (Å²) in [6, 6.07) is 7.75. The van der Waals surface area contributed by atoms with Crippen molar-refractivity contribution in [3.8, 4) is 5.75 Å². The van der Waals surface area contributed by atoms with Crippen molar-refractivity contribution >= 4 is 18.3 Å². The maximum Gasteiger partial charge on any atom is 0.220 e. The van der Waals surface area contributed by atoms with Crippen LogP contribution in [0.2, 0.25) is 0 Å². The minimum absolute atomic E-state index is 0. The van der Waals surface area contributed by atoms with Crippen molar-refractivity contribution in [2.24, 2.45) is 5.73 Å². The van der Waals surface area contributed by atoms with Crippen molar-refractivity contribution in [1.29, 1.82) is 0 Å². The molecular weight excluding hydrogens is 252 g/mol. The molecule has 0 unspecified atom stereocenters. The highest BCUT2D eigenvalue weighted by atomic mass is 35.5. The van der Waals surface area contributed by atoms with Crippen LogP contribution in [0.4, 0.5) is 0 Å². The molecule has 0 heterocycles. The number of carbonyl (C=O) groups is 1. The number of ether oxygens (including phenoxy) is 1. The van der Waals surface area contributed by atoms with Gasteiger partial charge in [-0.3, -0.25) is 4.79 Å². The fraction of sp³-hybridized carbons (Fsp3) is 0.462. The van der Waals surface area contributed by atoms with Gasteiger partial charge in [0.05, 0.1) is 7.11 Å². The van der Waals surface area contributed by atoms with Crippen molar-refractivity contribution in [3.05, 3.63) is 29.8 Å². The molecule has 0 aromatic heterocycles. The van der Waals surface area contributed by atoms with Crippen LogP contribution in [0.3, 0.4) is 0 Å². The average Bonchev–Trinajstić information content (AvgIpc) is 2.37. The largest absolute Gasteiger partial charge is 0.496 e. The molecule has 1 aromatic rings. The van der Waals surface area contributed by atoms with Gasteiger partial charge >= 0.3 is 0 Å². The van der Waals surface area contributed by atoms with Gasteiger partial charge in [-0.2, -0.15) is 0 Å². The van der Waals surface area contributed by atoms with E-state index in [-0.39, 0.29) is 18.3 Å². The standard InChI is InChI=1S/C13H20N2O2.ClH/c1-17-12-6-3-2-5-11(12)7-8-13(16)15-10-4-9-14;/h2-3,5-6H,4,7-10,14H2,1H3,(H,15,16);1H. The van der Waals surface area contributed by atoms with Crippen LogP contribution >= 0.6 is 12.4 Å². The molecule has 0 saturated heterocycles. The zero-order valence-electron chi connectivity index (χ0n) is 10.6. The SMILES string of the molecule is COc1ccccc1CCC(=O)NCCCN.Cl. The molecule has 1 amide bonds. The summed E-state index contributed by atoms with van der Waals surface area (Å²) in [4.78, 5) is 11.5. The lowest BCUT2D eigenvalue weighted by atomic mass is 10.1. The lowest BCUT2D eigenvalue weighted by molar-refractivity contribution is -0.121. The first-order valence-corrected chi connectivity index (χ1v) is 5.86. The Morgan fingerprint density at radius 2 is 2.11 bits per heavy atom. The van der Waals surface area contributed by atoms with E-state index in [9.17, 15) is 4.79 Å². The first-order chi connectivity index (χ1) is 8.27. The van der Waals surface area contributed by atoms with Crippen molar-refractivity contribution < 1.29 is 9.53 Å². The second-order valence-electron chi connectivity index (χ2n) is 3.80. The number of hydrogen-bond acceptors (Lipinski definition) is 3. The van der Waals surface area contributed by atoms with Crippen LogP contribution in [0, 0.1) is 0 Å². The molecule has 0 aliphatic heterocycles. The van der Waals surface area contributed by atoms with Gasteiger partial charge in [0.2, 0.25) is 5.91 Å². The van der Waals surface area contributed by atoms with E-state index in [0.29, 0.717) is 25.9 Å². The summed E-state index contributed by atoms with van der Waals surface area (Å²) in [5.41, 5.74) is 6.41. The molecule has 0 spiro atoms. The van der Waals surface area contributed by atoms with Crippen molar-refractivity contribution in [3.63, 3.8) is 0 Å². The van der Waals surface area contributed by atoms with Crippen LogP contribution in [0.15, 0.2) is 24.3 Å². The van der Waals surface area contributed by atoms with Crippen LogP contribution in [-0.2, 0) is 11.2 Å². The lowest BCUT2D eigenvalue weighted by Crippen LogP contribution is -2.26. The molecule has 0 radical (unpaired) electrons. The number of amides is 1. The highest BCUT2D eigenvalue weighted by Crippen LogP contribution is 2.18. The van der Waals surface area contributed by atoms with E-state index in [1.54, 1.807) is 7.11 Å². The number of para-hydroxylation sites is 1. The number of nitrogens with two attached hydrogens (primary N) is 1. The molecule has 1 rings (SSSR count). The fourth-order valence-electron chi connectivity index (χ4n) is 1.58. The maximum absolute atomic E-state index is 11.5. The minimum Gasteiger partial charge on any atom is -0.496 e. The van der Waals surface area contributed by atoms with E-state index < -0.39 is 0 Å². The number of hydrogen-bond donors (Lipinski definition) is 2. The van der Waals surface area contributed by atoms with Crippen LogP contribution in [0.1, 0.15) is 18.4 Å². The molecule has 102 valence electrons. The van der Waals surface area contributed by atoms with Gasteiger partial charge in [-0.05, 0) is 31.0 Å². The molecule has 18 heavy (non-hydrogen) atoms. The molecule has 0 bridgehead atoms. The Kier molecular flexibility index (Phi) is 9.06. The third-order valence-corrected chi connectivity index (χ3v) is 2.52. The van der Waals surface area contributed by atoms with Gasteiger partial charge in [0.1, 0.15) is 5.75 Å². The van der Waals surface area contributed by atoms with Crippen LogP contribution < -0.4 is 15.8 Å². The van der Waals surface area contributed by atoms with E-state index in [0.717, 1.165) is 17.7 Å². The molecule has 0 aliphatic carbocycles. The first kappa shape index (κ1) is 16.7. The molecule has 4 nitrogen and oxygen atoms in total. The Morgan fingerprint density at radius 3 is 2.78 bits per heavy atom. The third kappa shape index (κ3) is 5.89. The van der Waals surface area contributed by atoms with Crippen LogP contribution in [-0.4, -0.2) is 26.1 Å². The summed E-state index contributed by atoms with van der Waals surface area (Å²) in [7, 11) is 1.64. The van der Waals surface area contributed by atoms with Gasteiger partial charge in [-0.25, -0.2) is 0 Å². The molecule has 0 saturated carbocycles. The summed E-state index contributed by atoms with van der Waals surface area (Å²) in [5.74, 6) is 0.895.